The largest absolute Gasteiger partial charge is 0.480 e. The molecule has 0 spiro atoms. The fourth-order valence-electron chi connectivity index (χ4n) is 1.35. The van der Waals surface area contributed by atoms with Gasteiger partial charge in [0.15, 0.2) is 0 Å². The Morgan fingerprint density at radius 1 is 1.33 bits per heavy atom. The minimum absolute atomic E-state index is 0.159. The number of hydrogen-bond acceptors (Lipinski definition) is 4. The zero-order valence-electron chi connectivity index (χ0n) is 10.8. The standard InChI is InChI=1S/C10H20N2O5S/c1-10(2,3)6-18(16,17)12-7(9(14)15)4-5-8(11)13/h7,12H,4-6H2,1-3H3,(H2,11,13)(H,14,15)/t7-/m0/s1. The van der Waals surface area contributed by atoms with Crippen molar-refractivity contribution in [2.24, 2.45) is 11.1 Å². The van der Waals surface area contributed by atoms with Crippen LogP contribution in [-0.2, 0) is 19.6 Å². The van der Waals surface area contributed by atoms with Gasteiger partial charge >= 0.3 is 5.97 Å². The van der Waals surface area contributed by atoms with E-state index in [1.165, 1.54) is 0 Å². The maximum absolute atomic E-state index is 11.7. The monoisotopic (exact) mass is 280 g/mol. The second kappa shape index (κ2) is 6.14. The van der Waals surface area contributed by atoms with Crippen LogP contribution in [0.4, 0.5) is 0 Å². The summed E-state index contributed by atoms with van der Waals surface area (Å²) < 4.78 is 25.5. The Balaban J connectivity index is 4.68. The van der Waals surface area contributed by atoms with Gasteiger partial charge in [-0.05, 0) is 11.8 Å². The summed E-state index contributed by atoms with van der Waals surface area (Å²) >= 11 is 0. The minimum atomic E-state index is -3.71. The first-order chi connectivity index (χ1) is 7.93. The van der Waals surface area contributed by atoms with Gasteiger partial charge in [-0.15, -0.1) is 0 Å². The number of primary amides is 1. The number of rotatable bonds is 7. The predicted octanol–water partition coefficient (Wildman–Crippen LogP) is -0.329. The molecule has 0 aliphatic heterocycles. The van der Waals surface area contributed by atoms with Crippen LogP contribution in [0.2, 0.25) is 0 Å². The molecule has 7 nitrogen and oxygen atoms in total. The Morgan fingerprint density at radius 3 is 2.17 bits per heavy atom. The first-order valence-corrected chi connectivity index (χ1v) is 7.09. The number of amides is 1. The molecule has 0 aromatic rings. The van der Waals surface area contributed by atoms with E-state index in [0.29, 0.717) is 0 Å². The van der Waals surface area contributed by atoms with Crippen LogP contribution in [0.3, 0.4) is 0 Å². The van der Waals surface area contributed by atoms with E-state index in [0.717, 1.165) is 0 Å². The third-order valence-electron chi connectivity index (χ3n) is 1.92. The van der Waals surface area contributed by atoms with Crippen molar-refractivity contribution in [1.29, 1.82) is 0 Å². The summed E-state index contributed by atoms with van der Waals surface area (Å²) in [6, 6.07) is -1.33. The van der Waals surface area contributed by atoms with Gasteiger partial charge in [-0.2, -0.15) is 0 Å². The highest BCUT2D eigenvalue weighted by Gasteiger charge is 2.27. The number of nitrogens with one attached hydrogen (secondary N) is 1. The van der Waals surface area contributed by atoms with E-state index >= 15 is 0 Å². The lowest BCUT2D eigenvalue weighted by molar-refractivity contribution is -0.139. The first kappa shape index (κ1) is 16.9. The van der Waals surface area contributed by atoms with Gasteiger partial charge in [-0.25, -0.2) is 13.1 Å². The van der Waals surface area contributed by atoms with Crippen molar-refractivity contribution in [3.8, 4) is 0 Å². The first-order valence-electron chi connectivity index (χ1n) is 5.44. The van der Waals surface area contributed by atoms with Gasteiger partial charge in [-0.3, -0.25) is 9.59 Å². The number of carboxylic acid groups (broad SMARTS) is 1. The van der Waals surface area contributed by atoms with E-state index in [2.05, 4.69) is 4.72 Å². The molecule has 0 rings (SSSR count). The molecule has 1 amide bonds. The number of carbonyl (C=O) groups excluding carboxylic acids is 1. The number of carbonyl (C=O) groups is 2. The predicted molar refractivity (Wildman–Crippen MR) is 66.2 cm³/mol. The van der Waals surface area contributed by atoms with Gasteiger partial charge in [-0.1, -0.05) is 20.8 Å². The summed E-state index contributed by atoms with van der Waals surface area (Å²) in [6.45, 7) is 5.18. The molecule has 1 atom stereocenters. The summed E-state index contributed by atoms with van der Waals surface area (Å²) in [5, 5.41) is 8.87. The van der Waals surface area contributed by atoms with E-state index < -0.39 is 33.4 Å². The van der Waals surface area contributed by atoms with Crippen molar-refractivity contribution in [3.63, 3.8) is 0 Å². The molecule has 0 heterocycles. The van der Waals surface area contributed by atoms with Gasteiger partial charge in [0.25, 0.3) is 0 Å². The van der Waals surface area contributed by atoms with Gasteiger partial charge in [0, 0.05) is 6.42 Å². The van der Waals surface area contributed by atoms with Crippen molar-refractivity contribution in [3.05, 3.63) is 0 Å². The van der Waals surface area contributed by atoms with Crippen molar-refractivity contribution in [1.82, 2.24) is 4.72 Å². The van der Waals surface area contributed by atoms with Crippen LogP contribution in [0.1, 0.15) is 33.6 Å². The summed E-state index contributed by atoms with van der Waals surface area (Å²) in [5.74, 6) is -2.19. The van der Waals surface area contributed by atoms with Gasteiger partial charge in [0.1, 0.15) is 6.04 Å². The Hall–Kier alpha value is -1.15. The smallest absolute Gasteiger partial charge is 0.321 e. The molecule has 0 aliphatic carbocycles. The quantitative estimate of drug-likeness (QED) is 0.588. The third kappa shape index (κ3) is 8.02. The Labute approximate surface area is 107 Å². The van der Waals surface area contributed by atoms with Crippen molar-refractivity contribution in [2.75, 3.05) is 5.75 Å². The van der Waals surface area contributed by atoms with E-state index in [9.17, 15) is 18.0 Å². The summed E-state index contributed by atoms with van der Waals surface area (Å²) in [6.07, 6.45) is -0.344. The number of aliphatic carboxylic acids is 1. The van der Waals surface area contributed by atoms with Crippen LogP contribution >= 0.6 is 0 Å². The van der Waals surface area contributed by atoms with Crippen LogP contribution in [0, 0.1) is 5.41 Å². The molecule has 0 bridgehead atoms. The van der Waals surface area contributed by atoms with Crippen LogP contribution < -0.4 is 10.5 Å². The molecule has 0 fully saturated rings. The second-order valence-corrected chi connectivity index (χ2v) is 7.09. The van der Waals surface area contributed by atoms with E-state index in [1.807, 2.05) is 0 Å². The molecule has 106 valence electrons. The molecule has 18 heavy (non-hydrogen) atoms. The normalized spacial score (nSPS) is 14.2. The van der Waals surface area contributed by atoms with E-state index in [1.54, 1.807) is 20.8 Å². The molecule has 4 N–H and O–H groups in total. The lowest BCUT2D eigenvalue weighted by Gasteiger charge is -2.20. The van der Waals surface area contributed by atoms with Crippen LogP contribution in [0.25, 0.3) is 0 Å². The van der Waals surface area contributed by atoms with Gasteiger partial charge in [0.05, 0.1) is 5.75 Å². The molecule has 0 aromatic carbocycles. The maximum atomic E-state index is 11.7. The number of hydrogen-bond donors (Lipinski definition) is 3. The fourth-order valence-corrected chi connectivity index (χ4v) is 3.22. The maximum Gasteiger partial charge on any atom is 0.321 e. The molecule has 0 radical (unpaired) electrons. The lowest BCUT2D eigenvalue weighted by atomic mass is 10.0. The average Bonchev–Trinajstić information content (AvgIpc) is 2.07. The minimum Gasteiger partial charge on any atom is -0.480 e. The van der Waals surface area contributed by atoms with Crippen LogP contribution in [-0.4, -0.2) is 37.2 Å². The second-order valence-electron chi connectivity index (χ2n) is 5.33. The molecular weight excluding hydrogens is 260 g/mol. The van der Waals surface area contributed by atoms with Crippen LogP contribution in [0.5, 0.6) is 0 Å². The molecule has 0 unspecified atom stereocenters. The molecule has 0 saturated heterocycles. The van der Waals surface area contributed by atoms with Crippen molar-refractivity contribution >= 4 is 21.9 Å². The molecule has 8 heteroatoms. The highest BCUT2D eigenvalue weighted by Crippen LogP contribution is 2.16. The molecule has 0 aromatic heterocycles. The number of nitrogens with two attached hydrogens (primary N) is 1. The fraction of sp³-hybridized carbons (Fsp3) is 0.800. The Morgan fingerprint density at radius 2 is 1.83 bits per heavy atom. The highest BCUT2D eigenvalue weighted by molar-refractivity contribution is 7.89. The van der Waals surface area contributed by atoms with Crippen molar-refractivity contribution < 1.29 is 23.1 Å². The number of carboxylic acids is 1. The highest BCUT2D eigenvalue weighted by atomic mass is 32.2. The summed E-state index contributed by atoms with van der Waals surface area (Å²) in [7, 11) is -3.71. The van der Waals surface area contributed by atoms with E-state index in [-0.39, 0.29) is 18.6 Å². The average molecular weight is 280 g/mol. The Bertz CT molecular complexity index is 410. The SMILES string of the molecule is CC(C)(C)CS(=O)(=O)N[C@@H](CCC(N)=O)C(=O)O. The van der Waals surface area contributed by atoms with Crippen LogP contribution in [0.15, 0.2) is 0 Å². The molecule has 0 saturated carbocycles. The van der Waals surface area contributed by atoms with E-state index in [4.69, 9.17) is 10.8 Å². The van der Waals surface area contributed by atoms with Gasteiger partial charge < -0.3 is 10.8 Å². The topological polar surface area (TPSA) is 127 Å². The zero-order chi connectivity index (χ0) is 14.6. The summed E-state index contributed by atoms with van der Waals surface area (Å²) in [4.78, 5) is 21.4. The third-order valence-corrected chi connectivity index (χ3v) is 3.81. The zero-order valence-corrected chi connectivity index (χ0v) is 11.6. The number of sulfonamides is 1. The van der Waals surface area contributed by atoms with Crippen molar-refractivity contribution in [2.45, 2.75) is 39.7 Å². The lowest BCUT2D eigenvalue weighted by Crippen LogP contribution is -2.44. The van der Waals surface area contributed by atoms with Gasteiger partial charge in [0.2, 0.25) is 15.9 Å². The molecular formula is C10H20N2O5S. The Kier molecular flexibility index (Phi) is 5.75. The summed E-state index contributed by atoms with van der Waals surface area (Å²) in [5.41, 5.74) is 4.41. The molecule has 0 aliphatic rings.